The molecular formula is C16H22N4OS. The Labute approximate surface area is 134 Å². The van der Waals surface area contributed by atoms with Gasteiger partial charge in [-0.1, -0.05) is 12.1 Å². The summed E-state index contributed by atoms with van der Waals surface area (Å²) in [6.45, 7) is 5.16. The Bertz CT molecular complexity index is 601. The molecule has 0 spiro atoms. The van der Waals surface area contributed by atoms with Crippen molar-refractivity contribution in [2.24, 2.45) is 0 Å². The van der Waals surface area contributed by atoms with Crippen molar-refractivity contribution in [3.8, 4) is 0 Å². The molecule has 1 saturated heterocycles. The van der Waals surface area contributed by atoms with Crippen LogP contribution in [-0.2, 0) is 11.3 Å². The van der Waals surface area contributed by atoms with Crippen molar-refractivity contribution in [1.29, 1.82) is 0 Å². The van der Waals surface area contributed by atoms with Crippen LogP contribution in [0.1, 0.15) is 11.4 Å². The summed E-state index contributed by atoms with van der Waals surface area (Å²) in [5, 5.41) is 4.19. The van der Waals surface area contributed by atoms with E-state index in [1.807, 2.05) is 18.0 Å². The fourth-order valence-electron chi connectivity index (χ4n) is 2.72. The van der Waals surface area contributed by atoms with Gasteiger partial charge in [0.2, 0.25) is 5.91 Å². The van der Waals surface area contributed by atoms with Crippen LogP contribution in [0.4, 0.5) is 0 Å². The van der Waals surface area contributed by atoms with Gasteiger partial charge in [-0.3, -0.25) is 9.69 Å². The highest BCUT2D eigenvalue weighted by molar-refractivity contribution is 7.18. The number of para-hydroxylation sites is 1. The molecule has 0 radical (unpaired) electrons. The lowest BCUT2D eigenvalue weighted by atomic mass is 10.2. The number of nitrogens with one attached hydrogen (secondary N) is 1. The maximum atomic E-state index is 12.0. The quantitative estimate of drug-likeness (QED) is 0.909. The van der Waals surface area contributed by atoms with Crippen LogP contribution < -0.4 is 5.32 Å². The number of fused-ring (bicyclic) bond motifs is 1. The second-order valence-corrected chi connectivity index (χ2v) is 6.70. The van der Waals surface area contributed by atoms with Gasteiger partial charge in [-0.05, 0) is 19.2 Å². The van der Waals surface area contributed by atoms with E-state index < -0.39 is 0 Å². The Morgan fingerprint density at radius 1 is 1.27 bits per heavy atom. The predicted molar refractivity (Wildman–Crippen MR) is 90.0 cm³/mol. The average molecular weight is 318 g/mol. The Kier molecular flexibility index (Phi) is 5.02. The fraction of sp³-hybridized carbons (Fsp3) is 0.500. The molecule has 1 aromatic carbocycles. The molecule has 118 valence electrons. The lowest BCUT2D eigenvalue weighted by Crippen LogP contribution is -2.48. The van der Waals surface area contributed by atoms with Crippen LogP contribution in [0.25, 0.3) is 10.2 Å². The summed E-state index contributed by atoms with van der Waals surface area (Å²) in [5.41, 5.74) is 1.09. The van der Waals surface area contributed by atoms with Crippen molar-refractivity contribution in [3.05, 3.63) is 29.3 Å². The molecule has 0 aliphatic carbocycles. The number of benzene rings is 1. The van der Waals surface area contributed by atoms with Gasteiger partial charge in [0, 0.05) is 39.1 Å². The molecule has 3 rings (SSSR count). The maximum Gasteiger partial charge on any atom is 0.223 e. The van der Waals surface area contributed by atoms with Crippen molar-refractivity contribution in [2.75, 3.05) is 39.8 Å². The number of piperazine rings is 1. The predicted octanol–water partition coefficient (Wildman–Crippen LogP) is 1.55. The molecule has 2 aromatic rings. The van der Waals surface area contributed by atoms with Gasteiger partial charge in [-0.25, -0.2) is 4.98 Å². The van der Waals surface area contributed by atoms with Crippen molar-refractivity contribution < 1.29 is 4.79 Å². The van der Waals surface area contributed by atoms with E-state index in [0.717, 1.165) is 49.8 Å². The van der Waals surface area contributed by atoms with E-state index in [1.165, 1.54) is 4.70 Å². The number of carbonyl (C=O) groups is 1. The molecule has 22 heavy (non-hydrogen) atoms. The SMILES string of the molecule is CNCCC(=O)N1CCN(Cc2nc3ccccc3s2)CC1. The topological polar surface area (TPSA) is 48.5 Å². The van der Waals surface area contributed by atoms with Gasteiger partial charge >= 0.3 is 0 Å². The summed E-state index contributed by atoms with van der Waals surface area (Å²) in [7, 11) is 1.88. The number of amides is 1. The van der Waals surface area contributed by atoms with Crippen molar-refractivity contribution in [1.82, 2.24) is 20.1 Å². The fourth-order valence-corrected chi connectivity index (χ4v) is 3.73. The first-order valence-corrected chi connectivity index (χ1v) is 8.57. The molecule has 0 unspecified atom stereocenters. The van der Waals surface area contributed by atoms with Gasteiger partial charge in [0.25, 0.3) is 0 Å². The third-order valence-electron chi connectivity index (χ3n) is 4.01. The highest BCUT2D eigenvalue weighted by Crippen LogP contribution is 2.23. The summed E-state index contributed by atoms with van der Waals surface area (Å²) in [6.07, 6.45) is 0.592. The minimum Gasteiger partial charge on any atom is -0.340 e. The second-order valence-electron chi connectivity index (χ2n) is 5.59. The monoisotopic (exact) mass is 318 g/mol. The molecule has 2 heterocycles. The molecule has 1 N–H and O–H groups in total. The number of carbonyl (C=O) groups excluding carboxylic acids is 1. The van der Waals surface area contributed by atoms with Crippen LogP contribution in [-0.4, -0.2) is 60.5 Å². The third kappa shape index (κ3) is 3.63. The van der Waals surface area contributed by atoms with E-state index in [2.05, 4.69) is 33.4 Å². The first-order chi connectivity index (χ1) is 10.8. The van der Waals surface area contributed by atoms with Gasteiger partial charge in [-0.15, -0.1) is 11.3 Å². The van der Waals surface area contributed by atoms with E-state index in [0.29, 0.717) is 6.42 Å². The van der Waals surface area contributed by atoms with Crippen LogP contribution in [0.2, 0.25) is 0 Å². The maximum absolute atomic E-state index is 12.0. The number of rotatable bonds is 5. The van der Waals surface area contributed by atoms with Gasteiger partial charge in [0.1, 0.15) is 5.01 Å². The van der Waals surface area contributed by atoms with E-state index in [1.54, 1.807) is 11.3 Å². The van der Waals surface area contributed by atoms with E-state index in [-0.39, 0.29) is 5.91 Å². The molecule has 0 bridgehead atoms. The van der Waals surface area contributed by atoms with Gasteiger partial charge in [0.05, 0.1) is 16.8 Å². The second kappa shape index (κ2) is 7.17. The van der Waals surface area contributed by atoms with Crippen molar-refractivity contribution in [2.45, 2.75) is 13.0 Å². The summed E-state index contributed by atoms with van der Waals surface area (Å²) in [6, 6.07) is 8.27. The molecule has 6 heteroatoms. The van der Waals surface area contributed by atoms with Crippen molar-refractivity contribution >= 4 is 27.5 Å². The molecule has 1 aliphatic rings. The summed E-state index contributed by atoms with van der Waals surface area (Å²) < 4.78 is 1.25. The summed E-state index contributed by atoms with van der Waals surface area (Å²) in [5.74, 6) is 0.258. The number of nitrogens with zero attached hydrogens (tertiary/aromatic N) is 3. The van der Waals surface area contributed by atoms with Gasteiger partial charge in [0.15, 0.2) is 0 Å². The molecule has 0 atom stereocenters. The van der Waals surface area contributed by atoms with Crippen molar-refractivity contribution in [3.63, 3.8) is 0 Å². The normalized spacial score (nSPS) is 16.3. The highest BCUT2D eigenvalue weighted by Gasteiger charge is 2.21. The molecule has 1 aromatic heterocycles. The number of hydrogen-bond acceptors (Lipinski definition) is 5. The smallest absolute Gasteiger partial charge is 0.223 e. The zero-order chi connectivity index (χ0) is 15.4. The lowest BCUT2D eigenvalue weighted by molar-refractivity contribution is -0.132. The average Bonchev–Trinajstić information content (AvgIpc) is 2.95. The van der Waals surface area contributed by atoms with Crippen LogP contribution in [0.3, 0.4) is 0 Å². The van der Waals surface area contributed by atoms with E-state index in [9.17, 15) is 4.79 Å². The zero-order valence-corrected chi connectivity index (χ0v) is 13.7. The first-order valence-electron chi connectivity index (χ1n) is 7.75. The Morgan fingerprint density at radius 3 is 2.77 bits per heavy atom. The van der Waals surface area contributed by atoms with E-state index in [4.69, 9.17) is 0 Å². The van der Waals surface area contributed by atoms with Crippen LogP contribution in [0, 0.1) is 0 Å². The minimum absolute atomic E-state index is 0.258. The summed E-state index contributed by atoms with van der Waals surface area (Å²) in [4.78, 5) is 21.1. The molecule has 0 saturated carbocycles. The Morgan fingerprint density at radius 2 is 2.05 bits per heavy atom. The third-order valence-corrected chi connectivity index (χ3v) is 5.03. The molecule has 5 nitrogen and oxygen atoms in total. The highest BCUT2D eigenvalue weighted by atomic mass is 32.1. The zero-order valence-electron chi connectivity index (χ0n) is 12.9. The first kappa shape index (κ1) is 15.4. The lowest BCUT2D eigenvalue weighted by Gasteiger charge is -2.34. The standard InChI is InChI=1S/C16H22N4OS/c1-17-7-6-16(21)20-10-8-19(9-11-20)12-15-18-13-4-2-3-5-14(13)22-15/h2-5,17H,6-12H2,1H3. The van der Waals surface area contributed by atoms with Crippen LogP contribution >= 0.6 is 11.3 Å². The van der Waals surface area contributed by atoms with Gasteiger partial charge < -0.3 is 10.2 Å². The molecule has 1 aliphatic heterocycles. The minimum atomic E-state index is 0.258. The van der Waals surface area contributed by atoms with E-state index >= 15 is 0 Å². The Balaban J connectivity index is 1.52. The number of hydrogen-bond donors (Lipinski definition) is 1. The number of aromatic nitrogens is 1. The summed E-state index contributed by atoms with van der Waals surface area (Å²) >= 11 is 1.77. The van der Waals surface area contributed by atoms with Crippen LogP contribution in [0.5, 0.6) is 0 Å². The van der Waals surface area contributed by atoms with Gasteiger partial charge in [-0.2, -0.15) is 0 Å². The number of thiazole rings is 1. The van der Waals surface area contributed by atoms with Crippen LogP contribution in [0.15, 0.2) is 24.3 Å². The molecular weight excluding hydrogens is 296 g/mol. The molecule has 1 amide bonds. The Hall–Kier alpha value is -1.50. The molecule has 1 fully saturated rings. The largest absolute Gasteiger partial charge is 0.340 e.